The quantitative estimate of drug-likeness (QED) is 0.0594. The standard InChI is InChI=1S/C36H54N3O9P3/c1-4-7-16-25-43-38-49(44-26-17-8-5-2)37-51(47-35-23-14-11-20-32(35)29-41,48-36-24-15-12-21-33(36)30-42)39(50(38)45-27-18-9-6-3)46-34-22-13-10-19-31(34)28-40/h10-15,19-24,40-42H,4-9,16-18,25-30H2,1-3H3. The molecule has 0 aliphatic carbocycles. The molecule has 0 amide bonds. The molecule has 3 N–H and O–H groups in total. The van der Waals surface area contributed by atoms with E-state index in [-0.39, 0.29) is 19.8 Å². The SMILES string of the molecule is CCCCCON1P(OCCCCC)N=P(Oc2ccccc2CO)(Oc2ccccc2CO)N(Oc2ccccc2CO)P1OCCCCC. The van der Waals surface area contributed by atoms with Crippen LogP contribution in [-0.2, 0) is 33.7 Å². The Morgan fingerprint density at radius 3 is 1.55 bits per heavy atom. The number of rotatable bonds is 24. The minimum atomic E-state index is -3.91. The molecule has 0 aromatic heterocycles. The van der Waals surface area contributed by atoms with Crippen molar-refractivity contribution in [1.29, 1.82) is 0 Å². The summed E-state index contributed by atoms with van der Waals surface area (Å²) >= 11 is 0. The van der Waals surface area contributed by atoms with E-state index in [4.69, 9.17) is 32.3 Å². The highest BCUT2D eigenvalue weighted by Crippen LogP contribution is 2.78. The molecule has 1 aliphatic heterocycles. The molecular weight excluding hydrogens is 711 g/mol. The van der Waals surface area contributed by atoms with Gasteiger partial charge in [0.15, 0.2) is 5.75 Å². The Balaban J connectivity index is 1.99. The average Bonchev–Trinajstić information content (AvgIpc) is 3.16. The van der Waals surface area contributed by atoms with Crippen molar-refractivity contribution in [3.63, 3.8) is 0 Å². The molecular formula is C36H54N3O9P3. The zero-order valence-electron chi connectivity index (χ0n) is 30.0. The highest BCUT2D eigenvalue weighted by Gasteiger charge is 2.56. The largest absolute Gasteiger partial charge is 0.445 e. The van der Waals surface area contributed by atoms with Gasteiger partial charge in [0, 0.05) is 21.3 Å². The lowest BCUT2D eigenvalue weighted by atomic mass is 10.2. The summed E-state index contributed by atoms with van der Waals surface area (Å²) in [7, 11) is -7.85. The lowest BCUT2D eigenvalue weighted by Crippen LogP contribution is -2.35. The summed E-state index contributed by atoms with van der Waals surface area (Å²) in [4.78, 5) is 13.3. The summed E-state index contributed by atoms with van der Waals surface area (Å²) in [6.07, 6.45) is 8.41. The fourth-order valence-corrected chi connectivity index (χ4v) is 12.7. The second-order valence-electron chi connectivity index (χ2n) is 11.8. The fourth-order valence-electron chi connectivity index (χ4n) is 4.89. The molecule has 3 aromatic rings. The molecule has 1 aliphatic rings. The highest BCUT2D eigenvalue weighted by molar-refractivity contribution is 7.78. The number of benzene rings is 3. The van der Waals surface area contributed by atoms with Crippen molar-refractivity contribution in [1.82, 2.24) is 9.21 Å². The minimum absolute atomic E-state index is 0.283. The number of unbranched alkanes of at least 4 members (excludes halogenated alkanes) is 6. The third-order valence-corrected chi connectivity index (χ3v) is 14.7. The number of aliphatic hydroxyl groups excluding tert-OH is 3. The van der Waals surface area contributed by atoms with E-state index in [0.29, 0.717) is 53.8 Å². The van der Waals surface area contributed by atoms with Crippen molar-refractivity contribution in [2.24, 2.45) is 4.52 Å². The Labute approximate surface area is 305 Å². The molecule has 0 fully saturated rings. The van der Waals surface area contributed by atoms with Crippen LogP contribution in [0.1, 0.15) is 95.2 Å². The van der Waals surface area contributed by atoms with Gasteiger partial charge in [-0.25, -0.2) is 0 Å². The van der Waals surface area contributed by atoms with Gasteiger partial charge in [-0.1, -0.05) is 118 Å². The van der Waals surface area contributed by atoms with Gasteiger partial charge in [-0.3, -0.25) is 4.84 Å². The van der Waals surface area contributed by atoms with Crippen LogP contribution in [0.4, 0.5) is 0 Å². The molecule has 4 rings (SSSR count). The van der Waals surface area contributed by atoms with Gasteiger partial charge in [0.2, 0.25) is 0 Å². The molecule has 12 nitrogen and oxygen atoms in total. The van der Waals surface area contributed by atoms with Gasteiger partial charge in [0.05, 0.1) is 39.6 Å². The smallest absolute Gasteiger partial charge is 0.416 e. The molecule has 15 heteroatoms. The van der Waals surface area contributed by atoms with E-state index in [1.165, 1.54) is 4.60 Å². The van der Waals surface area contributed by atoms with Crippen molar-refractivity contribution < 1.29 is 43.1 Å². The number of para-hydroxylation sites is 3. The molecule has 0 bridgehead atoms. The maximum Gasteiger partial charge on any atom is 0.445 e. The zero-order chi connectivity index (χ0) is 36.3. The Kier molecular flexibility index (Phi) is 18.6. The van der Waals surface area contributed by atoms with Crippen molar-refractivity contribution in [3.8, 4) is 17.2 Å². The van der Waals surface area contributed by atoms with Crippen LogP contribution in [0.3, 0.4) is 0 Å². The predicted molar refractivity (Wildman–Crippen MR) is 202 cm³/mol. The molecule has 0 saturated heterocycles. The van der Waals surface area contributed by atoms with Crippen LogP contribution in [0.2, 0.25) is 0 Å². The predicted octanol–water partition coefficient (Wildman–Crippen LogP) is 10.2. The van der Waals surface area contributed by atoms with Crippen LogP contribution in [0.15, 0.2) is 77.3 Å². The number of nitrogens with zero attached hydrogens (tertiary/aromatic N) is 3. The summed E-state index contributed by atoms with van der Waals surface area (Å²) in [5.41, 5.74) is 1.56. The van der Waals surface area contributed by atoms with Crippen molar-refractivity contribution in [2.45, 2.75) is 98.4 Å². The zero-order valence-corrected chi connectivity index (χ0v) is 32.7. The maximum absolute atomic E-state index is 10.4. The lowest BCUT2D eigenvalue weighted by Gasteiger charge is -2.45. The van der Waals surface area contributed by atoms with Crippen molar-refractivity contribution in [3.05, 3.63) is 89.5 Å². The molecule has 0 saturated carbocycles. The van der Waals surface area contributed by atoms with Crippen LogP contribution in [0.25, 0.3) is 0 Å². The minimum Gasteiger partial charge on any atom is -0.416 e. The van der Waals surface area contributed by atoms with Crippen molar-refractivity contribution in [2.75, 3.05) is 19.8 Å². The molecule has 0 spiro atoms. The second-order valence-corrected chi connectivity index (χ2v) is 17.5. The maximum atomic E-state index is 10.4. The van der Waals surface area contributed by atoms with Crippen LogP contribution < -0.4 is 13.9 Å². The highest BCUT2D eigenvalue weighted by atomic mass is 31.3. The first kappa shape index (κ1) is 41.6. The fraction of sp³-hybridized carbons (Fsp3) is 0.500. The third kappa shape index (κ3) is 11.9. The second kappa shape index (κ2) is 22.8. The average molecular weight is 766 g/mol. The molecule has 3 aromatic carbocycles. The van der Waals surface area contributed by atoms with E-state index in [1.807, 2.05) is 24.3 Å². The van der Waals surface area contributed by atoms with E-state index < -0.39 is 24.6 Å². The Hall–Kier alpha value is -2.17. The van der Waals surface area contributed by atoms with E-state index >= 15 is 0 Å². The third-order valence-electron chi connectivity index (χ3n) is 7.75. The van der Waals surface area contributed by atoms with Crippen LogP contribution in [0.5, 0.6) is 17.2 Å². The molecule has 51 heavy (non-hydrogen) atoms. The lowest BCUT2D eigenvalue weighted by molar-refractivity contribution is -0.0475. The summed E-state index contributed by atoms with van der Waals surface area (Å²) in [6, 6.07) is 21.4. The van der Waals surface area contributed by atoms with Crippen LogP contribution >= 0.6 is 24.6 Å². The van der Waals surface area contributed by atoms with Gasteiger partial charge in [-0.15, -0.1) is 4.52 Å². The first-order valence-corrected chi connectivity index (χ1v) is 21.7. The number of hydrogen-bond acceptors (Lipinski definition) is 12. The number of aliphatic hydroxyl groups is 3. The summed E-state index contributed by atoms with van der Waals surface area (Å²) in [5, 5.41) is 31.1. The normalized spacial score (nSPS) is 17.6. The van der Waals surface area contributed by atoms with E-state index in [1.54, 1.807) is 53.1 Å². The van der Waals surface area contributed by atoms with Gasteiger partial charge < -0.3 is 38.3 Å². The van der Waals surface area contributed by atoms with Crippen molar-refractivity contribution >= 4 is 24.6 Å². The van der Waals surface area contributed by atoms with E-state index in [9.17, 15) is 15.3 Å². The van der Waals surface area contributed by atoms with E-state index in [2.05, 4.69) is 20.8 Å². The van der Waals surface area contributed by atoms with Crippen LogP contribution in [0, 0.1) is 0 Å². The van der Waals surface area contributed by atoms with Gasteiger partial charge >= 0.3 is 7.66 Å². The molecule has 2 unspecified atom stereocenters. The van der Waals surface area contributed by atoms with Gasteiger partial charge in [0.1, 0.15) is 11.5 Å². The monoisotopic (exact) mass is 765 g/mol. The first-order chi connectivity index (χ1) is 25.0. The summed E-state index contributed by atoms with van der Waals surface area (Å²) in [6.45, 7) is 6.75. The first-order valence-electron chi connectivity index (χ1n) is 17.9. The van der Waals surface area contributed by atoms with E-state index in [0.717, 1.165) is 57.8 Å². The molecule has 1 heterocycles. The Morgan fingerprint density at radius 1 is 0.588 bits per heavy atom. The topological polar surface area (TPSA) is 135 Å². The van der Waals surface area contributed by atoms with Gasteiger partial charge in [-0.2, -0.15) is 0 Å². The summed E-state index contributed by atoms with van der Waals surface area (Å²) in [5.74, 6) is 1.02. The summed E-state index contributed by atoms with van der Waals surface area (Å²) < 4.78 is 35.7. The number of hydrogen-bond donors (Lipinski definition) is 3. The molecule has 0 radical (unpaired) electrons. The molecule has 2 atom stereocenters. The van der Waals surface area contributed by atoms with Gasteiger partial charge in [0.25, 0.3) is 16.9 Å². The Morgan fingerprint density at radius 2 is 1.04 bits per heavy atom. The van der Waals surface area contributed by atoms with Gasteiger partial charge in [-0.05, 0) is 37.5 Å². The van der Waals surface area contributed by atoms with Crippen LogP contribution in [-0.4, -0.2) is 44.3 Å². The Bertz CT molecular complexity index is 1450. The molecule has 282 valence electrons.